The van der Waals surface area contributed by atoms with Crippen LogP contribution in [0.2, 0.25) is 0 Å². The molecule has 0 aliphatic carbocycles. The summed E-state index contributed by atoms with van der Waals surface area (Å²) >= 11 is 0. The van der Waals surface area contributed by atoms with Gasteiger partial charge in [0.05, 0.1) is 0 Å². The van der Waals surface area contributed by atoms with Crippen LogP contribution in [0.4, 0.5) is 0 Å². The first-order valence-electron chi connectivity index (χ1n) is 9.85. The molecule has 0 spiro atoms. The van der Waals surface area contributed by atoms with Crippen molar-refractivity contribution in [3.05, 3.63) is 65.2 Å². The number of ketones is 1. The first-order chi connectivity index (χ1) is 14.3. The summed E-state index contributed by atoms with van der Waals surface area (Å²) in [5.74, 6) is -2.78. The monoisotopic (exact) mass is 413 g/mol. The number of carbonyl (C=O) groups excluding carboxylic acids is 1. The van der Waals surface area contributed by atoms with Crippen molar-refractivity contribution in [3.63, 3.8) is 0 Å². The van der Waals surface area contributed by atoms with E-state index in [0.29, 0.717) is 12.2 Å². The second kappa shape index (κ2) is 11.7. The van der Waals surface area contributed by atoms with E-state index < -0.39 is 11.9 Å². The van der Waals surface area contributed by atoms with E-state index in [4.69, 9.17) is 24.5 Å². The molecule has 0 aromatic heterocycles. The van der Waals surface area contributed by atoms with Crippen molar-refractivity contribution in [3.8, 4) is 5.75 Å². The maximum Gasteiger partial charge on any atom is 0.414 e. The predicted octanol–water partition coefficient (Wildman–Crippen LogP) is 3.61. The van der Waals surface area contributed by atoms with Gasteiger partial charge in [-0.1, -0.05) is 30.7 Å². The van der Waals surface area contributed by atoms with Crippen LogP contribution < -0.4 is 4.74 Å². The average molecular weight is 413 g/mol. The van der Waals surface area contributed by atoms with Crippen molar-refractivity contribution in [2.24, 2.45) is 0 Å². The van der Waals surface area contributed by atoms with Crippen molar-refractivity contribution >= 4 is 17.7 Å². The Labute approximate surface area is 175 Å². The fourth-order valence-electron chi connectivity index (χ4n) is 3.07. The molecule has 1 saturated heterocycles. The van der Waals surface area contributed by atoms with Gasteiger partial charge in [0.1, 0.15) is 12.4 Å². The predicted molar refractivity (Wildman–Crippen MR) is 112 cm³/mol. The molecule has 160 valence electrons. The van der Waals surface area contributed by atoms with Gasteiger partial charge in [-0.15, -0.1) is 0 Å². The number of carboxylic acids is 2. The highest BCUT2D eigenvalue weighted by atomic mass is 16.5. The third-order valence-corrected chi connectivity index (χ3v) is 4.73. The number of piperidine rings is 1. The molecule has 1 fully saturated rings. The smallest absolute Gasteiger partial charge is 0.414 e. The number of hydrogen-bond donors (Lipinski definition) is 2. The molecule has 2 N–H and O–H groups in total. The van der Waals surface area contributed by atoms with E-state index in [1.54, 1.807) is 19.1 Å². The van der Waals surface area contributed by atoms with Crippen LogP contribution in [0, 0.1) is 0 Å². The first kappa shape index (κ1) is 23.1. The number of likely N-dealkylation sites (tertiary alicyclic amines) is 1. The van der Waals surface area contributed by atoms with Gasteiger partial charge in [-0.05, 0) is 68.2 Å². The fourth-order valence-corrected chi connectivity index (χ4v) is 3.07. The van der Waals surface area contributed by atoms with Gasteiger partial charge in [0.2, 0.25) is 0 Å². The maximum atomic E-state index is 11.3. The van der Waals surface area contributed by atoms with Crippen LogP contribution in [-0.4, -0.2) is 45.9 Å². The summed E-state index contributed by atoms with van der Waals surface area (Å²) in [7, 11) is 0. The van der Waals surface area contributed by atoms with E-state index in [9.17, 15) is 4.79 Å². The molecule has 2 aromatic carbocycles. The van der Waals surface area contributed by atoms with Crippen LogP contribution in [0.3, 0.4) is 0 Å². The van der Waals surface area contributed by atoms with Crippen LogP contribution in [0.1, 0.15) is 47.7 Å². The number of rotatable bonds is 6. The third kappa shape index (κ3) is 8.05. The Morgan fingerprint density at radius 3 is 1.87 bits per heavy atom. The van der Waals surface area contributed by atoms with Crippen LogP contribution in [0.25, 0.3) is 0 Å². The normalized spacial score (nSPS) is 13.6. The van der Waals surface area contributed by atoms with Gasteiger partial charge in [-0.2, -0.15) is 0 Å². The number of aliphatic carboxylic acids is 2. The van der Waals surface area contributed by atoms with Crippen molar-refractivity contribution in [1.29, 1.82) is 0 Å². The van der Waals surface area contributed by atoms with Crippen molar-refractivity contribution in [1.82, 2.24) is 4.90 Å². The molecule has 30 heavy (non-hydrogen) atoms. The molecule has 1 aliphatic rings. The zero-order valence-electron chi connectivity index (χ0n) is 17.0. The number of ether oxygens (including phenoxy) is 1. The van der Waals surface area contributed by atoms with Crippen LogP contribution in [-0.2, 0) is 22.7 Å². The third-order valence-electron chi connectivity index (χ3n) is 4.73. The maximum absolute atomic E-state index is 11.3. The lowest BCUT2D eigenvalue weighted by molar-refractivity contribution is -0.159. The van der Waals surface area contributed by atoms with Crippen LogP contribution >= 0.6 is 0 Å². The van der Waals surface area contributed by atoms with E-state index in [-0.39, 0.29) is 5.78 Å². The molecule has 7 nitrogen and oxygen atoms in total. The Morgan fingerprint density at radius 1 is 0.833 bits per heavy atom. The standard InChI is InChI=1S/C21H25NO2.C2H2O4/c1-17(23)20-9-11-21(12-10-20)24-16-19-7-5-18(6-8-19)15-22-13-3-2-4-14-22;3-1(4)2(5)6/h5-12H,2-4,13-16H2,1H3;(H,3,4)(H,5,6). The Hall–Kier alpha value is -3.19. The molecule has 0 atom stereocenters. The lowest BCUT2D eigenvalue weighted by Gasteiger charge is -2.26. The molecule has 7 heteroatoms. The van der Waals surface area contributed by atoms with Gasteiger partial charge < -0.3 is 14.9 Å². The molecule has 0 bridgehead atoms. The summed E-state index contributed by atoms with van der Waals surface area (Å²) in [5.41, 5.74) is 3.24. The second-order valence-corrected chi connectivity index (χ2v) is 7.13. The van der Waals surface area contributed by atoms with Gasteiger partial charge >= 0.3 is 11.9 Å². The molecule has 0 saturated carbocycles. The molecule has 0 unspecified atom stereocenters. The van der Waals surface area contributed by atoms with Gasteiger partial charge in [0, 0.05) is 12.1 Å². The lowest BCUT2D eigenvalue weighted by Crippen LogP contribution is -2.29. The highest BCUT2D eigenvalue weighted by molar-refractivity contribution is 6.27. The Bertz CT molecular complexity index is 827. The molecular formula is C23H27NO6. The molecule has 3 rings (SSSR count). The fraction of sp³-hybridized carbons (Fsp3) is 0.348. The Balaban J connectivity index is 0.000000469. The van der Waals surface area contributed by atoms with Crippen molar-refractivity contribution in [2.75, 3.05) is 13.1 Å². The summed E-state index contributed by atoms with van der Waals surface area (Å²) in [4.78, 5) is 32.0. The molecule has 0 amide bonds. The number of hydrogen-bond acceptors (Lipinski definition) is 5. The van der Waals surface area contributed by atoms with E-state index in [2.05, 4.69) is 29.2 Å². The molecular weight excluding hydrogens is 386 g/mol. The van der Waals surface area contributed by atoms with Gasteiger partial charge in [0.25, 0.3) is 0 Å². The number of nitrogens with zero attached hydrogens (tertiary/aromatic N) is 1. The summed E-state index contributed by atoms with van der Waals surface area (Å²) in [6.45, 7) is 5.61. The SMILES string of the molecule is CC(=O)c1ccc(OCc2ccc(CN3CCCCC3)cc2)cc1.O=C(O)C(=O)O. The Kier molecular flexibility index (Phi) is 9.03. The van der Waals surface area contributed by atoms with E-state index >= 15 is 0 Å². The number of Topliss-reactive ketones (excluding diaryl/α,β-unsaturated/α-hetero) is 1. The van der Waals surface area contributed by atoms with Gasteiger partial charge in [-0.3, -0.25) is 9.69 Å². The molecule has 1 heterocycles. The molecule has 0 radical (unpaired) electrons. The summed E-state index contributed by atoms with van der Waals surface area (Å²) < 4.78 is 5.79. The minimum absolute atomic E-state index is 0.0749. The van der Waals surface area contributed by atoms with E-state index in [1.165, 1.54) is 37.9 Å². The van der Waals surface area contributed by atoms with E-state index in [0.717, 1.165) is 17.9 Å². The summed E-state index contributed by atoms with van der Waals surface area (Å²) in [5, 5.41) is 14.8. The van der Waals surface area contributed by atoms with Crippen LogP contribution in [0.5, 0.6) is 5.75 Å². The number of benzene rings is 2. The topological polar surface area (TPSA) is 104 Å². The van der Waals surface area contributed by atoms with Crippen molar-refractivity contribution in [2.45, 2.75) is 39.3 Å². The minimum Gasteiger partial charge on any atom is -0.489 e. The molecule has 2 aromatic rings. The average Bonchev–Trinajstić information content (AvgIpc) is 2.74. The van der Waals surface area contributed by atoms with Gasteiger partial charge in [-0.25, -0.2) is 9.59 Å². The first-order valence-corrected chi connectivity index (χ1v) is 9.85. The number of carbonyl (C=O) groups is 3. The zero-order chi connectivity index (χ0) is 21.9. The highest BCUT2D eigenvalue weighted by Gasteiger charge is 2.10. The van der Waals surface area contributed by atoms with Gasteiger partial charge in [0.15, 0.2) is 5.78 Å². The van der Waals surface area contributed by atoms with Crippen molar-refractivity contribution < 1.29 is 29.3 Å². The lowest BCUT2D eigenvalue weighted by atomic mass is 10.1. The Morgan fingerprint density at radius 2 is 1.37 bits per heavy atom. The number of carboxylic acid groups (broad SMARTS) is 2. The summed E-state index contributed by atoms with van der Waals surface area (Å²) in [6, 6.07) is 16.0. The van der Waals surface area contributed by atoms with E-state index in [1.807, 2.05) is 12.1 Å². The largest absolute Gasteiger partial charge is 0.489 e. The quantitative estimate of drug-likeness (QED) is 0.551. The molecule has 1 aliphatic heterocycles. The second-order valence-electron chi connectivity index (χ2n) is 7.13. The zero-order valence-corrected chi connectivity index (χ0v) is 17.0. The summed E-state index contributed by atoms with van der Waals surface area (Å²) in [6.07, 6.45) is 4.03. The van der Waals surface area contributed by atoms with Crippen LogP contribution in [0.15, 0.2) is 48.5 Å². The minimum atomic E-state index is -1.82. The highest BCUT2D eigenvalue weighted by Crippen LogP contribution is 2.16.